The molecule has 0 saturated carbocycles. The monoisotopic (exact) mass is 475 g/mol. The van der Waals surface area contributed by atoms with E-state index in [0.717, 1.165) is 23.9 Å². The number of nitrogens with zero attached hydrogens (tertiary/aromatic N) is 2. The summed E-state index contributed by atoms with van der Waals surface area (Å²) in [6.07, 6.45) is 24.1. The Balaban J connectivity index is 1.65. The maximum atomic E-state index is 4.52. The standard InChI is InChI=1S/C32H49N3/c1-3-5-7-9-11-12-13-14-16-21-25-29-28(24-18-15-10-8-6-4-2)26-30-32(34-35-33-30)31(29)27-22-19-17-20-23-27/h17,19-20,22-23,26H,3-16,18,21,24-25H2,1-2H3,(H,33,34,35). The van der Waals surface area contributed by atoms with Crippen molar-refractivity contribution >= 4 is 11.0 Å². The minimum absolute atomic E-state index is 1.03. The predicted octanol–water partition coefficient (Wildman–Crippen LogP) is 9.99. The number of aryl methyl sites for hydroxylation is 1. The first-order chi connectivity index (χ1) is 17.3. The third kappa shape index (κ3) is 9.09. The van der Waals surface area contributed by atoms with Crippen LogP contribution in [0.4, 0.5) is 0 Å². The zero-order chi connectivity index (χ0) is 24.6. The van der Waals surface area contributed by atoms with Crippen LogP contribution in [0.5, 0.6) is 0 Å². The Labute approximate surface area is 214 Å². The van der Waals surface area contributed by atoms with E-state index in [1.165, 1.54) is 125 Å². The lowest BCUT2D eigenvalue weighted by Crippen LogP contribution is -2.01. The number of unbranched alkanes of at least 4 members (excludes halogenated alkanes) is 14. The van der Waals surface area contributed by atoms with Crippen molar-refractivity contribution in [2.24, 2.45) is 0 Å². The molecule has 0 saturated heterocycles. The first kappa shape index (κ1) is 27.4. The molecule has 2 aromatic carbocycles. The molecule has 35 heavy (non-hydrogen) atoms. The van der Waals surface area contributed by atoms with Crippen LogP contribution < -0.4 is 0 Å². The van der Waals surface area contributed by atoms with Gasteiger partial charge in [-0.25, -0.2) is 0 Å². The van der Waals surface area contributed by atoms with Crippen LogP contribution in [0.1, 0.15) is 128 Å². The van der Waals surface area contributed by atoms with Gasteiger partial charge in [-0.2, -0.15) is 0 Å². The van der Waals surface area contributed by atoms with Crippen molar-refractivity contribution in [3.05, 3.63) is 47.5 Å². The van der Waals surface area contributed by atoms with Gasteiger partial charge in [-0.3, -0.25) is 5.10 Å². The maximum Gasteiger partial charge on any atom is 0.121 e. The number of H-pyrrole nitrogens is 1. The zero-order valence-electron chi connectivity index (χ0n) is 22.6. The molecule has 3 rings (SSSR count). The molecule has 3 aromatic rings. The highest BCUT2D eigenvalue weighted by Crippen LogP contribution is 2.35. The number of hydrogen-bond acceptors (Lipinski definition) is 2. The minimum atomic E-state index is 1.03. The number of nitrogens with one attached hydrogen (secondary N) is 1. The number of hydrogen-bond donors (Lipinski definition) is 1. The first-order valence-electron chi connectivity index (χ1n) is 14.8. The second-order valence-electron chi connectivity index (χ2n) is 10.4. The number of rotatable bonds is 19. The molecule has 0 aliphatic heterocycles. The summed E-state index contributed by atoms with van der Waals surface area (Å²) in [5.41, 5.74) is 7.73. The summed E-state index contributed by atoms with van der Waals surface area (Å²) in [4.78, 5) is 0. The molecule has 1 N–H and O–H groups in total. The second kappa shape index (κ2) is 16.5. The Kier molecular flexibility index (Phi) is 12.9. The average molecular weight is 476 g/mol. The van der Waals surface area contributed by atoms with E-state index in [9.17, 15) is 0 Å². The average Bonchev–Trinajstić information content (AvgIpc) is 3.35. The Hall–Kier alpha value is -2.16. The molecule has 0 bridgehead atoms. The van der Waals surface area contributed by atoms with E-state index in [4.69, 9.17) is 0 Å². The van der Waals surface area contributed by atoms with E-state index in [1.54, 1.807) is 0 Å². The number of aromatic amines is 1. The van der Waals surface area contributed by atoms with Crippen LogP contribution in [0.25, 0.3) is 22.2 Å². The molecule has 0 radical (unpaired) electrons. The molecule has 0 spiro atoms. The Bertz CT molecular complexity index is 944. The molecule has 0 aliphatic carbocycles. The number of fused-ring (bicyclic) bond motifs is 1. The summed E-state index contributed by atoms with van der Waals surface area (Å²) in [5.74, 6) is 0. The zero-order valence-corrected chi connectivity index (χ0v) is 22.6. The largest absolute Gasteiger partial charge is 0.258 e. The van der Waals surface area contributed by atoms with Crippen molar-refractivity contribution in [2.75, 3.05) is 0 Å². The quantitative estimate of drug-likeness (QED) is 0.175. The lowest BCUT2D eigenvalue weighted by molar-refractivity contribution is 0.556. The fourth-order valence-electron chi connectivity index (χ4n) is 5.40. The molecular formula is C32H49N3. The van der Waals surface area contributed by atoms with Gasteiger partial charge in [0, 0.05) is 5.56 Å². The Morgan fingerprint density at radius 2 is 1.17 bits per heavy atom. The van der Waals surface area contributed by atoms with Crippen LogP contribution in [-0.2, 0) is 12.8 Å². The van der Waals surface area contributed by atoms with Crippen molar-refractivity contribution in [2.45, 2.75) is 129 Å². The van der Waals surface area contributed by atoms with E-state index in [0.29, 0.717) is 0 Å². The van der Waals surface area contributed by atoms with Crippen LogP contribution in [-0.4, -0.2) is 15.4 Å². The SMILES string of the molecule is CCCCCCCCCCCCc1c(CCCCCCCC)cc2[nH]nnc2c1-c1ccccc1. The summed E-state index contributed by atoms with van der Waals surface area (Å²) in [6, 6.07) is 13.2. The molecule has 0 aliphatic rings. The van der Waals surface area contributed by atoms with Crippen molar-refractivity contribution < 1.29 is 0 Å². The third-order valence-corrected chi connectivity index (χ3v) is 7.46. The highest BCUT2D eigenvalue weighted by Gasteiger charge is 2.17. The Morgan fingerprint density at radius 1 is 0.629 bits per heavy atom. The summed E-state index contributed by atoms with van der Waals surface area (Å²) in [5, 5.41) is 11.9. The van der Waals surface area contributed by atoms with Crippen molar-refractivity contribution in [3.8, 4) is 11.1 Å². The summed E-state index contributed by atoms with van der Waals surface area (Å²) >= 11 is 0. The molecule has 1 aromatic heterocycles. The third-order valence-electron chi connectivity index (χ3n) is 7.46. The highest BCUT2D eigenvalue weighted by atomic mass is 15.3. The lowest BCUT2D eigenvalue weighted by atomic mass is 9.88. The van der Waals surface area contributed by atoms with Crippen LogP contribution in [0.2, 0.25) is 0 Å². The van der Waals surface area contributed by atoms with Crippen molar-refractivity contribution in [3.63, 3.8) is 0 Å². The van der Waals surface area contributed by atoms with Crippen LogP contribution in [0, 0.1) is 0 Å². The topological polar surface area (TPSA) is 41.6 Å². The minimum Gasteiger partial charge on any atom is -0.258 e. The van der Waals surface area contributed by atoms with Gasteiger partial charge in [0.1, 0.15) is 5.52 Å². The summed E-state index contributed by atoms with van der Waals surface area (Å²) < 4.78 is 0. The van der Waals surface area contributed by atoms with Gasteiger partial charge < -0.3 is 0 Å². The van der Waals surface area contributed by atoms with Gasteiger partial charge >= 0.3 is 0 Å². The van der Waals surface area contributed by atoms with Gasteiger partial charge in [-0.15, -0.1) is 5.10 Å². The first-order valence-corrected chi connectivity index (χ1v) is 14.8. The van der Waals surface area contributed by atoms with Gasteiger partial charge in [0.05, 0.1) is 5.52 Å². The molecule has 0 fully saturated rings. The second-order valence-corrected chi connectivity index (χ2v) is 10.4. The van der Waals surface area contributed by atoms with Crippen LogP contribution in [0.15, 0.2) is 36.4 Å². The normalized spacial score (nSPS) is 11.5. The van der Waals surface area contributed by atoms with E-state index in [1.807, 2.05) is 0 Å². The Morgan fingerprint density at radius 3 is 1.77 bits per heavy atom. The molecule has 1 heterocycles. The fraction of sp³-hybridized carbons (Fsp3) is 0.625. The molecule has 0 amide bonds. The van der Waals surface area contributed by atoms with E-state index >= 15 is 0 Å². The predicted molar refractivity (Wildman–Crippen MR) is 152 cm³/mol. The molecule has 0 atom stereocenters. The lowest BCUT2D eigenvalue weighted by Gasteiger charge is -2.16. The van der Waals surface area contributed by atoms with Crippen LogP contribution in [0.3, 0.4) is 0 Å². The van der Waals surface area contributed by atoms with Gasteiger partial charge in [0.25, 0.3) is 0 Å². The van der Waals surface area contributed by atoms with Gasteiger partial charge in [0.15, 0.2) is 0 Å². The maximum absolute atomic E-state index is 4.52. The van der Waals surface area contributed by atoms with Gasteiger partial charge in [0.2, 0.25) is 0 Å². The fourth-order valence-corrected chi connectivity index (χ4v) is 5.40. The van der Waals surface area contributed by atoms with E-state index < -0.39 is 0 Å². The van der Waals surface area contributed by atoms with Crippen molar-refractivity contribution in [1.82, 2.24) is 15.4 Å². The molecule has 0 unspecified atom stereocenters. The summed E-state index contributed by atoms with van der Waals surface area (Å²) in [7, 11) is 0. The summed E-state index contributed by atoms with van der Waals surface area (Å²) in [6.45, 7) is 4.58. The van der Waals surface area contributed by atoms with Gasteiger partial charge in [-0.05, 0) is 48.4 Å². The smallest absolute Gasteiger partial charge is 0.121 e. The number of benzene rings is 2. The van der Waals surface area contributed by atoms with E-state index in [-0.39, 0.29) is 0 Å². The van der Waals surface area contributed by atoms with Crippen LogP contribution >= 0.6 is 0 Å². The van der Waals surface area contributed by atoms with E-state index in [2.05, 4.69) is 65.7 Å². The molecule has 3 nitrogen and oxygen atoms in total. The number of aromatic nitrogens is 3. The molecule has 192 valence electrons. The highest BCUT2D eigenvalue weighted by molar-refractivity contribution is 5.94. The van der Waals surface area contributed by atoms with Crippen molar-refractivity contribution in [1.29, 1.82) is 0 Å². The molecular weight excluding hydrogens is 426 g/mol. The molecule has 3 heteroatoms. The van der Waals surface area contributed by atoms with Gasteiger partial charge in [-0.1, -0.05) is 139 Å².